The van der Waals surface area contributed by atoms with Gasteiger partial charge in [0.2, 0.25) is 0 Å². The third kappa shape index (κ3) is 5.64. The SMILES string of the molecule is CCOC(=O)[C@@H](C)c1ccc(O[C@@H]2CCN(C(=O)OC(C)(C)C)C2)cc1. The van der Waals surface area contributed by atoms with E-state index < -0.39 is 5.60 Å². The molecule has 0 bridgehead atoms. The number of esters is 1. The number of carbonyl (C=O) groups is 2. The minimum Gasteiger partial charge on any atom is -0.489 e. The molecule has 26 heavy (non-hydrogen) atoms. The lowest BCUT2D eigenvalue weighted by Crippen LogP contribution is -2.36. The van der Waals surface area contributed by atoms with E-state index in [4.69, 9.17) is 14.2 Å². The molecule has 144 valence electrons. The Bertz CT molecular complexity index is 620. The first-order valence-electron chi connectivity index (χ1n) is 9.10. The van der Waals surface area contributed by atoms with Gasteiger partial charge in [0, 0.05) is 13.0 Å². The molecule has 0 saturated carbocycles. The van der Waals surface area contributed by atoms with Gasteiger partial charge in [0.15, 0.2) is 0 Å². The maximum atomic E-state index is 12.1. The van der Waals surface area contributed by atoms with Crippen molar-refractivity contribution in [3.63, 3.8) is 0 Å². The Kier molecular flexibility index (Phi) is 6.51. The van der Waals surface area contributed by atoms with Crippen LogP contribution in [0.15, 0.2) is 24.3 Å². The van der Waals surface area contributed by atoms with Crippen LogP contribution >= 0.6 is 0 Å². The Morgan fingerprint density at radius 3 is 2.46 bits per heavy atom. The topological polar surface area (TPSA) is 65.1 Å². The van der Waals surface area contributed by atoms with Crippen molar-refractivity contribution < 1.29 is 23.8 Å². The summed E-state index contributed by atoms with van der Waals surface area (Å²) >= 11 is 0. The van der Waals surface area contributed by atoms with Crippen LogP contribution in [0.3, 0.4) is 0 Å². The molecule has 0 spiro atoms. The first kappa shape index (κ1) is 20.1. The second-order valence-corrected chi connectivity index (χ2v) is 7.50. The van der Waals surface area contributed by atoms with Crippen molar-refractivity contribution in [2.75, 3.05) is 19.7 Å². The maximum absolute atomic E-state index is 12.1. The van der Waals surface area contributed by atoms with Gasteiger partial charge in [-0.05, 0) is 52.3 Å². The maximum Gasteiger partial charge on any atom is 0.410 e. The Balaban J connectivity index is 1.88. The fourth-order valence-corrected chi connectivity index (χ4v) is 2.75. The normalized spacial score (nSPS) is 18.3. The summed E-state index contributed by atoms with van der Waals surface area (Å²) in [6.07, 6.45) is 0.401. The number of amides is 1. The van der Waals surface area contributed by atoms with Gasteiger partial charge in [-0.15, -0.1) is 0 Å². The first-order valence-corrected chi connectivity index (χ1v) is 9.10. The molecule has 0 unspecified atom stereocenters. The molecule has 1 fully saturated rings. The zero-order valence-corrected chi connectivity index (χ0v) is 16.3. The van der Waals surface area contributed by atoms with Crippen LogP contribution in [0.25, 0.3) is 0 Å². The van der Waals surface area contributed by atoms with E-state index in [9.17, 15) is 9.59 Å². The number of rotatable bonds is 5. The van der Waals surface area contributed by atoms with Crippen LogP contribution in [-0.2, 0) is 14.3 Å². The van der Waals surface area contributed by atoms with Crippen molar-refractivity contribution in [1.82, 2.24) is 4.90 Å². The summed E-state index contributed by atoms with van der Waals surface area (Å²) in [6, 6.07) is 7.44. The van der Waals surface area contributed by atoms with Crippen LogP contribution in [0.1, 0.15) is 52.5 Å². The summed E-state index contributed by atoms with van der Waals surface area (Å²) in [6.45, 7) is 10.7. The molecule has 0 N–H and O–H groups in total. The van der Waals surface area contributed by atoms with Gasteiger partial charge in [-0.3, -0.25) is 4.79 Å². The molecule has 0 aromatic heterocycles. The molecule has 1 aromatic carbocycles. The van der Waals surface area contributed by atoms with Crippen molar-refractivity contribution in [3.8, 4) is 5.75 Å². The van der Waals surface area contributed by atoms with E-state index in [1.54, 1.807) is 11.8 Å². The van der Waals surface area contributed by atoms with E-state index in [-0.39, 0.29) is 24.1 Å². The van der Waals surface area contributed by atoms with Gasteiger partial charge in [0.05, 0.1) is 19.1 Å². The number of carbonyl (C=O) groups excluding carboxylic acids is 2. The van der Waals surface area contributed by atoms with E-state index >= 15 is 0 Å². The number of likely N-dealkylation sites (tertiary alicyclic amines) is 1. The molecule has 0 radical (unpaired) electrons. The van der Waals surface area contributed by atoms with Gasteiger partial charge < -0.3 is 19.1 Å². The molecular weight excluding hydrogens is 334 g/mol. The zero-order valence-electron chi connectivity index (χ0n) is 16.3. The highest BCUT2D eigenvalue weighted by Crippen LogP contribution is 2.24. The molecule has 1 aromatic rings. The summed E-state index contributed by atoms with van der Waals surface area (Å²) in [4.78, 5) is 25.6. The molecule has 1 heterocycles. The first-order chi connectivity index (χ1) is 12.2. The summed E-state index contributed by atoms with van der Waals surface area (Å²) in [5.74, 6) is 0.184. The van der Waals surface area contributed by atoms with Crippen molar-refractivity contribution >= 4 is 12.1 Å². The average Bonchev–Trinajstić information content (AvgIpc) is 3.02. The minimum absolute atomic E-state index is 0.0594. The lowest BCUT2D eigenvalue weighted by atomic mass is 10.0. The molecule has 6 nitrogen and oxygen atoms in total. The second kappa shape index (κ2) is 8.43. The van der Waals surface area contributed by atoms with Gasteiger partial charge in [-0.1, -0.05) is 12.1 Å². The quantitative estimate of drug-likeness (QED) is 0.746. The highest BCUT2D eigenvalue weighted by atomic mass is 16.6. The molecule has 2 rings (SSSR count). The van der Waals surface area contributed by atoms with E-state index in [2.05, 4.69) is 0 Å². The Morgan fingerprint density at radius 1 is 1.23 bits per heavy atom. The van der Waals surface area contributed by atoms with Gasteiger partial charge in [-0.25, -0.2) is 4.79 Å². The van der Waals surface area contributed by atoms with Gasteiger partial charge in [0.25, 0.3) is 0 Å². The Hall–Kier alpha value is -2.24. The van der Waals surface area contributed by atoms with Crippen LogP contribution in [-0.4, -0.2) is 48.4 Å². The van der Waals surface area contributed by atoms with Crippen LogP contribution in [0.2, 0.25) is 0 Å². The molecule has 6 heteroatoms. The zero-order chi connectivity index (χ0) is 19.3. The molecule has 1 amide bonds. The lowest BCUT2D eigenvalue weighted by molar-refractivity contribution is -0.144. The number of hydrogen-bond donors (Lipinski definition) is 0. The van der Waals surface area contributed by atoms with Crippen LogP contribution < -0.4 is 4.74 Å². The van der Waals surface area contributed by atoms with Gasteiger partial charge in [-0.2, -0.15) is 0 Å². The van der Waals surface area contributed by atoms with Gasteiger partial charge in [0.1, 0.15) is 17.5 Å². The standard InChI is InChI=1S/C20H29NO5/c1-6-24-18(22)14(2)15-7-9-16(10-8-15)25-17-11-12-21(13-17)19(23)26-20(3,4)5/h7-10,14,17H,6,11-13H2,1-5H3/t14-,17+/m0/s1. The largest absolute Gasteiger partial charge is 0.489 e. The summed E-state index contributed by atoms with van der Waals surface area (Å²) in [5.41, 5.74) is 0.388. The summed E-state index contributed by atoms with van der Waals surface area (Å²) in [5, 5.41) is 0. The summed E-state index contributed by atoms with van der Waals surface area (Å²) in [7, 11) is 0. The monoisotopic (exact) mass is 363 g/mol. The number of hydrogen-bond acceptors (Lipinski definition) is 5. The fourth-order valence-electron chi connectivity index (χ4n) is 2.75. The fraction of sp³-hybridized carbons (Fsp3) is 0.600. The van der Waals surface area contributed by atoms with Crippen molar-refractivity contribution in [2.24, 2.45) is 0 Å². The van der Waals surface area contributed by atoms with Crippen molar-refractivity contribution in [1.29, 1.82) is 0 Å². The molecule has 1 aliphatic heterocycles. The van der Waals surface area contributed by atoms with Crippen LogP contribution in [0.5, 0.6) is 5.75 Å². The second-order valence-electron chi connectivity index (χ2n) is 7.50. The third-order valence-electron chi connectivity index (χ3n) is 4.12. The van der Waals surface area contributed by atoms with E-state index in [0.717, 1.165) is 17.7 Å². The van der Waals surface area contributed by atoms with Crippen molar-refractivity contribution in [3.05, 3.63) is 29.8 Å². The van der Waals surface area contributed by atoms with Crippen LogP contribution in [0, 0.1) is 0 Å². The van der Waals surface area contributed by atoms with Crippen LogP contribution in [0.4, 0.5) is 4.79 Å². The smallest absolute Gasteiger partial charge is 0.410 e. The Labute approximate surface area is 155 Å². The summed E-state index contributed by atoms with van der Waals surface area (Å²) < 4.78 is 16.4. The van der Waals surface area contributed by atoms with E-state index in [1.165, 1.54) is 0 Å². The number of ether oxygens (including phenoxy) is 3. The highest BCUT2D eigenvalue weighted by molar-refractivity contribution is 5.77. The molecule has 2 atom stereocenters. The Morgan fingerprint density at radius 2 is 1.88 bits per heavy atom. The molecule has 1 aliphatic rings. The number of nitrogens with zero attached hydrogens (tertiary/aromatic N) is 1. The number of benzene rings is 1. The van der Waals surface area contributed by atoms with Gasteiger partial charge >= 0.3 is 12.1 Å². The molecule has 0 aliphatic carbocycles. The molecular formula is C20H29NO5. The average molecular weight is 363 g/mol. The highest BCUT2D eigenvalue weighted by Gasteiger charge is 2.30. The molecule has 1 saturated heterocycles. The predicted octanol–water partition coefficient (Wildman–Crippen LogP) is 3.74. The minimum atomic E-state index is -0.499. The third-order valence-corrected chi connectivity index (χ3v) is 4.12. The van der Waals surface area contributed by atoms with E-state index in [0.29, 0.717) is 19.7 Å². The van der Waals surface area contributed by atoms with Crippen molar-refractivity contribution in [2.45, 2.75) is 58.7 Å². The predicted molar refractivity (Wildman–Crippen MR) is 98.3 cm³/mol. The lowest BCUT2D eigenvalue weighted by Gasteiger charge is -2.24. The van der Waals surface area contributed by atoms with E-state index in [1.807, 2.05) is 52.0 Å².